The molecule has 1 fully saturated rings. The molecular weight excluding hydrogens is 406 g/mol. The van der Waals surface area contributed by atoms with Crippen LogP contribution in [0.25, 0.3) is 11.0 Å². The molecule has 4 rings (SSSR count). The van der Waals surface area contributed by atoms with Gasteiger partial charge >= 0.3 is 11.7 Å². The van der Waals surface area contributed by atoms with E-state index in [1.165, 1.54) is 29.6 Å². The molecule has 0 saturated carbocycles. The Morgan fingerprint density at radius 2 is 1.83 bits per heavy atom. The van der Waals surface area contributed by atoms with Gasteiger partial charge in [-0.05, 0) is 55.7 Å². The zero-order chi connectivity index (χ0) is 21.5. The maximum Gasteiger partial charge on any atom is 0.337 e. The number of ether oxygens (including phenoxy) is 1. The van der Waals surface area contributed by atoms with Crippen molar-refractivity contribution in [3.63, 3.8) is 0 Å². The molecule has 1 aliphatic heterocycles. The lowest BCUT2D eigenvalue weighted by Gasteiger charge is -2.32. The highest BCUT2D eigenvalue weighted by molar-refractivity contribution is 7.89. The first-order valence-electron chi connectivity index (χ1n) is 9.71. The lowest BCUT2D eigenvalue weighted by molar-refractivity contribution is 0.0600. The van der Waals surface area contributed by atoms with Gasteiger partial charge in [0.05, 0.1) is 28.6 Å². The summed E-state index contributed by atoms with van der Waals surface area (Å²) in [5.41, 5.74) is 2.24. The minimum Gasteiger partial charge on any atom is -0.465 e. The monoisotopic (exact) mass is 429 g/mol. The third kappa shape index (κ3) is 3.44. The van der Waals surface area contributed by atoms with Crippen molar-refractivity contribution in [3.8, 4) is 0 Å². The first-order valence-corrected chi connectivity index (χ1v) is 11.2. The minimum atomic E-state index is -3.70. The fourth-order valence-corrected chi connectivity index (χ4v) is 5.78. The van der Waals surface area contributed by atoms with Crippen LogP contribution in [0.3, 0.4) is 0 Å². The molecule has 0 amide bonds. The molecule has 0 atom stereocenters. The fourth-order valence-electron chi connectivity index (χ4n) is 4.10. The Bertz CT molecular complexity index is 1270. The summed E-state index contributed by atoms with van der Waals surface area (Å²) < 4.78 is 34.2. The van der Waals surface area contributed by atoms with Gasteiger partial charge < -0.3 is 9.72 Å². The van der Waals surface area contributed by atoms with Gasteiger partial charge in [-0.25, -0.2) is 18.0 Å². The van der Waals surface area contributed by atoms with Crippen molar-refractivity contribution in [3.05, 3.63) is 64.1 Å². The molecule has 0 aliphatic carbocycles. The van der Waals surface area contributed by atoms with E-state index in [-0.39, 0.29) is 16.6 Å². The second kappa shape index (κ2) is 7.73. The molecule has 0 unspecified atom stereocenters. The Morgan fingerprint density at radius 3 is 2.50 bits per heavy atom. The summed E-state index contributed by atoms with van der Waals surface area (Å²) in [4.78, 5) is 27.2. The van der Waals surface area contributed by atoms with Gasteiger partial charge in [-0.1, -0.05) is 12.1 Å². The van der Waals surface area contributed by atoms with Crippen LogP contribution >= 0.6 is 0 Å². The number of H-pyrrole nitrogens is 1. The number of benzene rings is 2. The molecule has 2 aromatic carbocycles. The Kier molecular flexibility index (Phi) is 5.25. The normalized spacial score (nSPS) is 16.1. The Morgan fingerprint density at radius 1 is 1.13 bits per heavy atom. The molecule has 8 nitrogen and oxygen atoms in total. The number of imidazole rings is 1. The number of hydrogen-bond donors (Lipinski definition) is 1. The Labute approximate surface area is 174 Å². The van der Waals surface area contributed by atoms with Crippen molar-refractivity contribution in [2.45, 2.75) is 30.7 Å². The fraction of sp³-hybridized carbons (Fsp3) is 0.333. The predicted molar refractivity (Wildman–Crippen MR) is 112 cm³/mol. The van der Waals surface area contributed by atoms with E-state index in [0.29, 0.717) is 37.1 Å². The maximum atomic E-state index is 13.2. The Balaban J connectivity index is 1.55. The molecule has 0 radical (unpaired) electrons. The second-order valence-corrected chi connectivity index (χ2v) is 9.33. The zero-order valence-electron chi connectivity index (χ0n) is 16.8. The number of carbonyl (C=O) groups is 1. The van der Waals surface area contributed by atoms with Crippen LogP contribution in [0.5, 0.6) is 0 Å². The summed E-state index contributed by atoms with van der Waals surface area (Å²) in [5, 5.41) is 0. The number of methoxy groups -OCH3 is 1. The van der Waals surface area contributed by atoms with Crippen molar-refractivity contribution >= 4 is 27.0 Å². The number of carbonyl (C=O) groups excluding carboxylic acids is 1. The van der Waals surface area contributed by atoms with E-state index < -0.39 is 16.0 Å². The number of para-hydroxylation sites is 2. The molecule has 0 spiro atoms. The number of rotatable bonds is 4. The molecule has 158 valence electrons. The molecule has 1 saturated heterocycles. The number of aromatic nitrogens is 2. The second-order valence-electron chi connectivity index (χ2n) is 7.42. The van der Waals surface area contributed by atoms with E-state index in [2.05, 4.69) is 4.98 Å². The van der Waals surface area contributed by atoms with Crippen LogP contribution in [0.2, 0.25) is 0 Å². The molecular formula is C21H23N3O5S. The number of esters is 1. The average molecular weight is 429 g/mol. The first kappa shape index (κ1) is 20.4. The van der Waals surface area contributed by atoms with E-state index in [1.807, 2.05) is 24.3 Å². The molecule has 3 aromatic rings. The van der Waals surface area contributed by atoms with Crippen molar-refractivity contribution in [1.82, 2.24) is 13.9 Å². The molecule has 1 aromatic heterocycles. The van der Waals surface area contributed by atoms with Crippen molar-refractivity contribution in [1.29, 1.82) is 0 Å². The molecule has 9 heteroatoms. The summed E-state index contributed by atoms with van der Waals surface area (Å²) in [5.74, 6) is -0.507. The largest absolute Gasteiger partial charge is 0.465 e. The molecule has 1 N–H and O–H groups in total. The molecule has 2 heterocycles. The maximum absolute atomic E-state index is 13.2. The highest BCUT2D eigenvalue weighted by Gasteiger charge is 2.32. The topological polar surface area (TPSA) is 101 Å². The lowest BCUT2D eigenvalue weighted by atomic mass is 10.1. The number of hydrogen-bond acceptors (Lipinski definition) is 5. The first-order chi connectivity index (χ1) is 14.3. The van der Waals surface area contributed by atoms with E-state index >= 15 is 0 Å². The number of piperidine rings is 1. The van der Waals surface area contributed by atoms with Gasteiger partial charge in [0.25, 0.3) is 0 Å². The van der Waals surface area contributed by atoms with Crippen LogP contribution in [0, 0.1) is 6.92 Å². The molecule has 1 aliphatic rings. The third-order valence-corrected chi connectivity index (χ3v) is 7.69. The van der Waals surface area contributed by atoms with Crippen molar-refractivity contribution < 1.29 is 17.9 Å². The van der Waals surface area contributed by atoms with Crippen molar-refractivity contribution in [2.24, 2.45) is 0 Å². The van der Waals surface area contributed by atoms with Gasteiger partial charge in [-0.15, -0.1) is 0 Å². The molecule has 0 bridgehead atoms. The van der Waals surface area contributed by atoms with E-state index in [0.717, 1.165) is 11.0 Å². The van der Waals surface area contributed by atoms with Gasteiger partial charge in [-0.2, -0.15) is 4.31 Å². The summed E-state index contributed by atoms with van der Waals surface area (Å²) >= 11 is 0. The predicted octanol–water partition coefficient (Wildman–Crippen LogP) is 2.45. The summed E-state index contributed by atoms with van der Waals surface area (Å²) in [7, 11) is -2.42. The number of nitrogens with zero attached hydrogens (tertiary/aromatic N) is 2. The van der Waals surface area contributed by atoms with Gasteiger partial charge in [0.1, 0.15) is 0 Å². The number of aryl methyl sites for hydroxylation is 1. The van der Waals surface area contributed by atoms with E-state index in [9.17, 15) is 18.0 Å². The minimum absolute atomic E-state index is 0.0668. The summed E-state index contributed by atoms with van der Waals surface area (Å²) in [6, 6.07) is 11.9. The Hall–Kier alpha value is -2.91. The number of nitrogens with one attached hydrogen (secondary N) is 1. The highest BCUT2D eigenvalue weighted by Crippen LogP contribution is 2.29. The number of fused-ring (bicyclic) bond motifs is 1. The van der Waals surface area contributed by atoms with Gasteiger partial charge in [0.15, 0.2) is 0 Å². The standard InChI is InChI=1S/C21H23N3O5S/c1-14-13-15(20(25)29-2)7-8-19(14)30(27,28)23-11-9-16(10-12-23)24-18-6-4-3-5-17(18)22-21(24)26/h3-8,13,16H,9-12H2,1-2H3,(H,22,26). The summed E-state index contributed by atoms with van der Waals surface area (Å²) in [6.45, 7) is 2.30. The van der Waals surface area contributed by atoms with Crippen LogP contribution in [-0.2, 0) is 14.8 Å². The SMILES string of the molecule is COC(=O)c1ccc(S(=O)(=O)N2CCC(n3c(=O)[nH]c4ccccc43)CC2)c(C)c1. The van der Waals surface area contributed by atoms with E-state index in [4.69, 9.17) is 4.74 Å². The van der Waals surface area contributed by atoms with Crippen LogP contribution in [0.4, 0.5) is 0 Å². The van der Waals surface area contributed by atoms with Crippen molar-refractivity contribution in [2.75, 3.05) is 20.2 Å². The zero-order valence-corrected chi connectivity index (χ0v) is 17.6. The van der Waals surface area contributed by atoms with Gasteiger partial charge in [-0.3, -0.25) is 4.57 Å². The number of aromatic amines is 1. The van der Waals surface area contributed by atoms with Crippen LogP contribution < -0.4 is 5.69 Å². The average Bonchev–Trinajstić information content (AvgIpc) is 3.08. The van der Waals surface area contributed by atoms with Crippen LogP contribution in [0.15, 0.2) is 52.2 Å². The smallest absolute Gasteiger partial charge is 0.337 e. The van der Waals surface area contributed by atoms with E-state index in [1.54, 1.807) is 11.5 Å². The highest BCUT2D eigenvalue weighted by atomic mass is 32.2. The lowest BCUT2D eigenvalue weighted by Crippen LogP contribution is -2.40. The molecule has 30 heavy (non-hydrogen) atoms. The summed E-state index contributed by atoms with van der Waals surface area (Å²) in [6.07, 6.45) is 1.08. The quantitative estimate of drug-likeness (QED) is 0.642. The third-order valence-electron chi connectivity index (χ3n) is 5.63. The number of sulfonamides is 1. The van der Waals surface area contributed by atoms with Gasteiger partial charge in [0, 0.05) is 19.1 Å². The van der Waals surface area contributed by atoms with Crippen LogP contribution in [0.1, 0.15) is 34.8 Å². The van der Waals surface area contributed by atoms with Gasteiger partial charge in [0.2, 0.25) is 10.0 Å². The van der Waals surface area contributed by atoms with Crippen LogP contribution in [-0.4, -0.2) is 48.4 Å².